The van der Waals surface area contributed by atoms with E-state index in [4.69, 9.17) is 9.15 Å². The molecular formula is C21H16F3NO4. The van der Waals surface area contributed by atoms with E-state index in [2.05, 4.69) is 0 Å². The fraction of sp³-hybridized carbons (Fsp3) is 0.143. The fourth-order valence-corrected chi connectivity index (χ4v) is 2.76. The van der Waals surface area contributed by atoms with Crippen LogP contribution >= 0.6 is 0 Å². The molecule has 0 aliphatic carbocycles. The number of benzene rings is 2. The maximum absolute atomic E-state index is 12.8. The predicted octanol–water partition coefficient (Wildman–Crippen LogP) is 5.29. The van der Waals surface area contributed by atoms with Crippen molar-refractivity contribution < 1.29 is 31.9 Å². The Morgan fingerprint density at radius 1 is 0.966 bits per heavy atom. The Morgan fingerprint density at radius 3 is 2.03 bits per heavy atom. The van der Waals surface area contributed by atoms with Gasteiger partial charge in [-0.25, -0.2) is 4.79 Å². The van der Waals surface area contributed by atoms with E-state index in [0.717, 1.165) is 0 Å². The molecule has 0 aliphatic rings. The Morgan fingerprint density at radius 2 is 1.52 bits per heavy atom. The number of esters is 1. The van der Waals surface area contributed by atoms with E-state index >= 15 is 0 Å². The first-order chi connectivity index (χ1) is 13.8. The van der Waals surface area contributed by atoms with Crippen molar-refractivity contribution in [1.29, 1.82) is 0 Å². The molecule has 3 aromatic rings. The van der Waals surface area contributed by atoms with Crippen LogP contribution in [0.2, 0.25) is 0 Å². The zero-order valence-corrected chi connectivity index (χ0v) is 15.2. The van der Waals surface area contributed by atoms with E-state index in [1.54, 1.807) is 72.9 Å². The van der Waals surface area contributed by atoms with Crippen LogP contribution in [0.3, 0.4) is 0 Å². The van der Waals surface area contributed by atoms with Crippen LogP contribution < -0.4 is 5.32 Å². The summed E-state index contributed by atoms with van der Waals surface area (Å²) < 4.78 is 49.0. The summed E-state index contributed by atoms with van der Waals surface area (Å²) in [5, 5.41) is 1.66. The zero-order valence-electron chi connectivity index (χ0n) is 15.2. The van der Waals surface area contributed by atoms with Gasteiger partial charge in [0.05, 0.1) is 6.61 Å². The first-order valence-electron chi connectivity index (χ1n) is 8.65. The second kappa shape index (κ2) is 8.22. The quantitative estimate of drug-likeness (QED) is 0.588. The SMILES string of the molecule is CCOC(=O)c1c(NC(=O)C(F)(F)F)oc(-c2ccccc2)c1-c1ccccc1. The van der Waals surface area contributed by atoms with E-state index in [1.165, 1.54) is 0 Å². The molecule has 29 heavy (non-hydrogen) atoms. The van der Waals surface area contributed by atoms with Crippen LogP contribution in [0.25, 0.3) is 22.5 Å². The number of ether oxygens (including phenoxy) is 1. The third-order valence-corrected chi connectivity index (χ3v) is 3.97. The monoisotopic (exact) mass is 403 g/mol. The third kappa shape index (κ3) is 4.31. The highest BCUT2D eigenvalue weighted by Gasteiger charge is 2.41. The van der Waals surface area contributed by atoms with Gasteiger partial charge in [0.1, 0.15) is 11.3 Å². The highest BCUT2D eigenvalue weighted by atomic mass is 19.4. The second-order valence-electron chi connectivity index (χ2n) is 5.91. The lowest BCUT2D eigenvalue weighted by molar-refractivity contribution is -0.167. The Balaban J connectivity index is 2.27. The molecule has 0 fully saturated rings. The first kappa shape index (κ1) is 20.2. The normalized spacial score (nSPS) is 11.2. The summed E-state index contributed by atoms with van der Waals surface area (Å²) in [7, 11) is 0. The van der Waals surface area contributed by atoms with Crippen molar-refractivity contribution in [2.75, 3.05) is 11.9 Å². The maximum Gasteiger partial charge on any atom is 0.471 e. The standard InChI is InChI=1S/C21H16F3NO4/c1-2-28-19(26)16-15(13-9-5-3-6-10-13)17(14-11-7-4-8-12-14)29-18(16)25-20(27)21(22,23)24/h3-12H,2H2,1H3,(H,25,27). The lowest BCUT2D eigenvalue weighted by Crippen LogP contribution is -2.30. The molecule has 150 valence electrons. The molecule has 0 spiro atoms. The van der Waals surface area contributed by atoms with Gasteiger partial charge in [0.25, 0.3) is 0 Å². The van der Waals surface area contributed by atoms with E-state index in [0.29, 0.717) is 11.1 Å². The van der Waals surface area contributed by atoms with Gasteiger partial charge in [-0.1, -0.05) is 60.7 Å². The zero-order chi connectivity index (χ0) is 21.0. The summed E-state index contributed by atoms with van der Waals surface area (Å²) in [5.74, 6) is -3.65. The van der Waals surface area contributed by atoms with E-state index in [-0.39, 0.29) is 23.5 Å². The molecule has 0 saturated heterocycles. The van der Waals surface area contributed by atoms with Gasteiger partial charge in [-0.2, -0.15) is 13.2 Å². The number of halogens is 3. The first-order valence-corrected chi connectivity index (χ1v) is 8.65. The predicted molar refractivity (Wildman–Crippen MR) is 100 cm³/mol. The number of hydrogen-bond donors (Lipinski definition) is 1. The minimum absolute atomic E-state index is 0.00836. The molecule has 3 rings (SSSR count). The number of furan rings is 1. The molecule has 5 nitrogen and oxygen atoms in total. The van der Waals surface area contributed by atoms with Gasteiger partial charge in [-0.05, 0) is 12.5 Å². The Hall–Kier alpha value is -3.55. The van der Waals surface area contributed by atoms with Crippen LogP contribution in [0.5, 0.6) is 0 Å². The molecular weight excluding hydrogens is 387 g/mol. The lowest BCUT2D eigenvalue weighted by atomic mass is 9.98. The maximum atomic E-state index is 12.8. The molecule has 0 saturated carbocycles. The number of nitrogens with one attached hydrogen (secondary N) is 1. The van der Waals surface area contributed by atoms with Crippen LogP contribution in [0.15, 0.2) is 65.1 Å². The van der Waals surface area contributed by atoms with Crippen LogP contribution in [0, 0.1) is 0 Å². The van der Waals surface area contributed by atoms with E-state index in [9.17, 15) is 22.8 Å². The van der Waals surface area contributed by atoms with Crippen molar-refractivity contribution in [2.24, 2.45) is 0 Å². The Kier molecular flexibility index (Phi) is 5.72. The molecule has 0 bridgehead atoms. The molecule has 2 aromatic carbocycles. The van der Waals surface area contributed by atoms with Crippen LogP contribution in [0.1, 0.15) is 17.3 Å². The largest absolute Gasteiger partial charge is 0.471 e. The minimum atomic E-state index is -5.15. The summed E-state index contributed by atoms with van der Waals surface area (Å²) in [6, 6.07) is 17.1. The minimum Gasteiger partial charge on any atom is -0.462 e. The average molecular weight is 403 g/mol. The van der Waals surface area contributed by atoms with Gasteiger partial charge < -0.3 is 9.15 Å². The molecule has 0 aliphatic heterocycles. The molecule has 1 amide bonds. The van der Waals surface area contributed by atoms with Crippen LogP contribution in [-0.2, 0) is 9.53 Å². The number of anilines is 1. The van der Waals surface area contributed by atoms with Crippen molar-refractivity contribution in [3.8, 4) is 22.5 Å². The molecule has 0 radical (unpaired) electrons. The third-order valence-electron chi connectivity index (χ3n) is 3.97. The summed E-state index contributed by atoms with van der Waals surface area (Å²) >= 11 is 0. The molecule has 1 N–H and O–H groups in total. The highest BCUT2D eigenvalue weighted by Crippen LogP contribution is 2.42. The second-order valence-corrected chi connectivity index (χ2v) is 5.91. The summed E-state index contributed by atoms with van der Waals surface area (Å²) in [4.78, 5) is 24.1. The molecule has 1 aromatic heterocycles. The number of carbonyl (C=O) groups excluding carboxylic acids is 2. The van der Waals surface area contributed by atoms with Crippen molar-refractivity contribution in [2.45, 2.75) is 13.1 Å². The average Bonchev–Trinajstić information content (AvgIpc) is 3.08. The Bertz CT molecular complexity index is 1010. The fourth-order valence-electron chi connectivity index (χ4n) is 2.76. The van der Waals surface area contributed by atoms with Crippen LogP contribution in [0.4, 0.5) is 19.1 Å². The van der Waals surface area contributed by atoms with Gasteiger partial charge in [0.15, 0.2) is 0 Å². The Labute approximate surface area is 164 Å². The van der Waals surface area contributed by atoms with Gasteiger partial charge >= 0.3 is 18.1 Å². The molecule has 0 unspecified atom stereocenters. The van der Waals surface area contributed by atoms with Gasteiger partial charge in [0.2, 0.25) is 5.88 Å². The van der Waals surface area contributed by atoms with Crippen LogP contribution in [-0.4, -0.2) is 24.7 Å². The molecule has 0 atom stereocenters. The smallest absolute Gasteiger partial charge is 0.462 e. The number of hydrogen-bond acceptors (Lipinski definition) is 4. The summed E-state index contributed by atoms with van der Waals surface area (Å²) in [6.45, 7) is 1.55. The number of alkyl halides is 3. The summed E-state index contributed by atoms with van der Waals surface area (Å²) in [5.41, 5.74) is 0.984. The van der Waals surface area contributed by atoms with Gasteiger partial charge in [-0.3, -0.25) is 10.1 Å². The molecule has 1 heterocycles. The lowest BCUT2D eigenvalue weighted by Gasteiger charge is -2.08. The van der Waals surface area contributed by atoms with Crippen molar-refractivity contribution in [1.82, 2.24) is 0 Å². The number of rotatable bonds is 5. The highest BCUT2D eigenvalue weighted by molar-refractivity contribution is 6.09. The number of carbonyl (C=O) groups is 2. The summed E-state index contributed by atoms with van der Waals surface area (Å²) in [6.07, 6.45) is -5.15. The van der Waals surface area contributed by atoms with Crippen molar-refractivity contribution in [3.63, 3.8) is 0 Å². The molecule has 8 heteroatoms. The van der Waals surface area contributed by atoms with E-state index in [1.807, 2.05) is 0 Å². The van der Waals surface area contributed by atoms with Gasteiger partial charge in [0, 0.05) is 11.1 Å². The number of amides is 1. The van der Waals surface area contributed by atoms with Crippen molar-refractivity contribution >= 4 is 17.8 Å². The topological polar surface area (TPSA) is 68.5 Å². The van der Waals surface area contributed by atoms with Crippen molar-refractivity contribution in [3.05, 3.63) is 66.2 Å². The van der Waals surface area contributed by atoms with Gasteiger partial charge in [-0.15, -0.1) is 0 Å². The van der Waals surface area contributed by atoms with E-state index < -0.39 is 23.9 Å².